The van der Waals surface area contributed by atoms with E-state index in [1.165, 1.54) is 12.8 Å². The summed E-state index contributed by atoms with van der Waals surface area (Å²) < 4.78 is 29.3. The number of rotatable bonds is 4. The summed E-state index contributed by atoms with van der Waals surface area (Å²) in [6, 6.07) is 8.36. The van der Waals surface area contributed by atoms with Gasteiger partial charge in [0.05, 0.1) is 11.5 Å². The molecule has 4 rings (SSSR count). The van der Waals surface area contributed by atoms with E-state index >= 15 is 0 Å². The lowest BCUT2D eigenvalue weighted by Gasteiger charge is -2.37. The second kappa shape index (κ2) is 5.10. The smallest absolute Gasteiger partial charge is 0.266 e. The Hall–Kier alpha value is -1.13. The van der Waals surface area contributed by atoms with Crippen molar-refractivity contribution in [1.82, 2.24) is 0 Å². The van der Waals surface area contributed by atoms with Crippen molar-refractivity contribution in [3.8, 4) is 0 Å². The Morgan fingerprint density at radius 1 is 1.11 bits per heavy atom. The van der Waals surface area contributed by atoms with Gasteiger partial charge in [0, 0.05) is 0 Å². The molecule has 3 nitrogen and oxygen atoms in total. The maximum atomic E-state index is 12.0. The Labute approximate surface area is 114 Å². The van der Waals surface area contributed by atoms with Crippen LogP contribution in [0.15, 0.2) is 47.4 Å². The fourth-order valence-corrected chi connectivity index (χ4v) is 4.06. The van der Waals surface area contributed by atoms with Crippen molar-refractivity contribution in [2.45, 2.75) is 24.2 Å². The summed E-state index contributed by atoms with van der Waals surface area (Å²) >= 11 is 0. The first-order valence-electron chi connectivity index (χ1n) is 6.78. The molecule has 1 saturated carbocycles. The molecule has 102 valence electrons. The lowest BCUT2D eigenvalue weighted by molar-refractivity contribution is 0.146. The highest BCUT2D eigenvalue weighted by Crippen LogP contribution is 2.40. The van der Waals surface area contributed by atoms with Crippen LogP contribution in [0.5, 0.6) is 0 Å². The third kappa shape index (κ3) is 2.74. The molecule has 0 N–H and O–H groups in total. The minimum absolute atomic E-state index is 0.242. The highest BCUT2D eigenvalue weighted by molar-refractivity contribution is 7.86. The van der Waals surface area contributed by atoms with E-state index in [-0.39, 0.29) is 4.90 Å². The van der Waals surface area contributed by atoms with E-state index in [0.717, 1.165) is 6.42 Å². The van der Waals surface area contributed by atoms with Crippen LogP contribution in [0.4, 0.5) is 0 Å². The molecule has 0 spiro atoms. The highest BCUT2D eigenvalue weighted by atomic mass is 32.2. The lowest BCUT2D eigenvalue weighted by Crippen LogP contribution is -2.31. The Morgan fingerprint density at radius 2 is 1.89 bits per heavy atom. The molecule has 0 saturated heterocycles. The van der Waals surface area contributed by atoms with E-state index < -0.39 is 10.1 Å². The Balaban J connectivity index is 1.65. The highest BCUT2D eigenvalue weighted by Gasteiger charge is 2.33. The average Bonchev–Trinajstić information content (AvgIpc) is 2.47. The zero-order chi connectivity index (χ0) is 13.3. The summed E-state index contributed by atoms with van der Waals surface area (Å²) in [5.74, 6) is 1.47. The summed E-state index contributed by atoms with van der Waals surface area (Å²) in [6.45, 7) is 0.308. The summed E-state index contributed by atoms with van der Waals surface area (Å²) in [6.07, 6.45) is 7.98. The van der Waals surface area contributed by atoms with Crippen LogP contribution in [0.3, 0.4) is 0 Å². The number of allylic oxidation sites excluding steroid dienone is 2. The second-order valence-electron chi connectivity index (χ2n) is 5.43. The molecule has 2 bridgehead atoms. The topological polar surface area (TPSA) is 43.4 Å². The van der Waals surface area contributed by atoms with E-state index in [1.807, 2.05) is 0 Å². The first-order chi connectivity index (χ1) is 9.15. The summed E-state index contributed by atoms with van der Waals surface area (Å²) in [7, 11) is -3.60. The maximum absolute atomic E-state index is 12.0. The third-order valence-electron chi connectivity index (χ3n) is 4.18. The molecule has 3 aliphatic rings. The zero-order valence-electron chi connectivity index (χ0n) is 10.7. The van der Waals surface area contributed by atoms with Crippen molar-refractivity contribution in [3.63, 3.8) is 0 Å². The number of fused-ring (bicyclic) bond motifs is 2. The molecular weight excluding hydrogens is 260 g/mol. The largest absolute Gasteiger partial charge is 0.296 e. The molecule has 1 aromatic rings. The Bertz CT molecular complexity index is 562. The van der Waals surface area contributed by atoms with E-state index in [2.05, 4.69) is 12.2 Å². The van der Waals surface area contributed by atoms with Crippen LogP contribution in [0.1, 0.15) is 19.3 Å². The van der Waals surface area contributed by atoms with Crippen molar-refractivity contribution in [1.29, 1.82) is 0 Å². The van der Waals surface area contributed by atoms with E-state index in [9.17, 15) is 8.42 Å². The van der Waals surface area contributed by atoms with E-state index in [1.54, 1.807) is 30.3 Å². The van der Waals surface area contributed by atoms with Gasteiger partial charge in [-0.1, -0.05) is 30.4 Å². The fourth-order valence-electron chi connectivity index (χ4n) is 3.08. The van der Waals surface area contributed by atoms with Crippen LogP contribution in [0.2, 0.25) is 0 Å². The van der Waals surface area contributed by atoms with Gasteiger partial charge in [-0.05, 0) is 49.1 Å². The van der Waals surface area contributed by atoms with Gasteiger partial charge >= 0.3 is 0 Å². The fraction of sp³-hybridized carbons (Fsp3) is 0.467. The molecule has 0 aliphatic heterocycles. The molecule has 19 heavy (non-hydrogen) atoms. The van der Waals surface area contributed by atoms with Gasteiger partial charge in [0.1, 0.15) is 0 Å². The third-order valence-corrected chi connectivity index (χ3v) is 5.48. The monoisotopic (exact) mass is 278 g/mol. The number of benzene rings is 1. The maximum Gasteiger partial charge on any atom is 0.296 e. The predicted octanol–water partition coefficient (Wildman–Crippen LogP) is 2.99. The van der Waals surface area contributed by atoms with E-state index in [0.29, 0.717) is 24.4 Å². The van der Waals surface area contributed by atoms with Crippen LogP contribution in [-0.2, 0) is 14.3 Å². The van der Waals surface area contributed by atoms with Crippen LogP contribution in [-0.4, -0.2) is 15.0 Å². The average molecular weight is 278 g/mol. The van der Waals surface area contributed by atoms with Gasteiger partial charge in [-0.25, -0.2) is 0 Å². The van der Waals surface area contributed by atoms with Crippen LogP contribution >= 0.6 is 0 Å². The van der Waals surface area contributed by atoms with Gasteiger partial charge in [-0.15, -0.1) is 0 Å². The van der Waals surface area contributed by atoms with Gasteiger partial charge < -0.3 is 0 Å². The molecule has 0 unspecified atom stereocenters. The number of hydrogen-bond acceptors (Lipinski definition) is 3. The molecule has 3 aliphatic carbocycles. The molecule has 3 atom stereocenters. The van der Waals surface area contributed by atoms with Crippen molar-refractivity contribution < 1.29 is 12.6 Å². The van der Waals surface area contributed by atoms with E-state index in [4.69, 9.17) is 4.18 Å². The Kier molecular flexibility index (Phi) is 3.46. The van der Waals surface area contributed by atoms with Crippen LogP contribution < -0.4 is 0 Å². The van der Waals surface area contributed by atoms with Gasteiger partial charge in [-0.2, -0.15) is 8.42 Å². The molecule has 0 aromatic heterocycles. The van der Waals surface area contributed by atoms with Gasteiger partial charge in [0.15, 0.2) is 0 Å². The Morgan fingerprint density at radius 3 is 2.47 bits per heavy atom. The molecule has 0 amide bonds. The first kappa shape index (κ1) is 12.9. The minimum Gasteiger partial charge on any atom is -0.266 e. The summed E-state index contributed by atoms with van der Waals surface area (Å²) in [5.41, 5.74) is 0. The van der Waals surface area contributed by atoms with Gasteiger partial charge in [-0.3, -0.25) is 4.18 Å². The number of hydrogen-bond donors (Lipinski definition) is 0. The molecule has 1 fully saturated rings. The summed E-state index contributed by atoms with van der Waals surface area (Å²) in [5, 5.41) is 0. The normalized spacial score (nSPS) is 29.6. The zero-order valence-corrected chi connectivity index (χ0v) is 11.6. The molecule has 4 heteroatoms. The molecule has 1 aromatic carbocycles. The quantitative estimate of drug-likeness (QED) is 0.628. The standard InChI is InChI=1S/C15H18O3S/c16-19(17,15-4-2-1-3-5-15)18-11-14-10-12-6-8-13(14)9-7-12/h1-6,8,12-14H,7,9-11H2/t12-,13-,14-/m1/s1. The van der Waals surface area contributed by atoms with Crippen molar-refractivity contribution in [2.24, 2.45) is 17.8 Å². The van der Waals surface area contributed by atoms with Crippen molar-refractivity contribution in [2.75, 3.05) is 6.61 Å². The van der Waals surface area contributed by atoms with Gasteiger partial charge in [0.2, 0.25) is 0 Å². The first-order valence-corrected chi connectivity index (χ1v) is 8.19. The lowest BCUT2D eigenvalue weighted by atomic mass is 9.69. The molecule has 0 radical (unpaired) electrons. The minimum atomic E-state index is -3.60. The van der Waals surface area contributed by atoms with Crippen molar-refractivity contribution in [3.05, 3.63) is 42.5 Å². The van der Waals surface area contributed by atoms with Crippen LogP contribution in [0, 0.1) is 17.8 Å². The summed E-state index contributed by atoms with van der Waals surface area (Å²) in [4.78, 5) is 0.242. The van der Waals surface area contributed by atoms with Gasteiger partial charge in [0.25, 0.3) is 10.1 Å². The van der Waals surface area contributed by atoms with Crippen LogP contribution in [0.25, 0.3) is 0 Å². The molecule has 0 heterocycles. The molecular formula is C15H18O3S. The SMILES string of the molecule is O=S(=O)(OC[C@H]1C[C@@H]2C=C[C@@H]1CC2)c1ccccc1. The second-order valence-corrected chi connectivity index (χ2v) is 7.05. The predicted molar refractivity (Wildman–Crippen MR) is 73.0 cm³/mol. The van der Waals surface area contributed by atoms with Crippen molar-refractivity contribution >= 4 is 10.1 Å².